The summed E-state index contributed by atoms with van der Waals surface area (Å²) in [6, 6.07) is 11.4. The van der Waals surface area contributed by atoms with Crippen LogP contribution in [0.25, 0.3) is 10.8 Å². The van der Waals surface area contributed by atoms with Crippen LogP contribution >= 0.6 is 0 Å². The van der Waals surface area contributed by atoms with Crippen LogP contribution in [0, 0.1) is 0 Å². The molecule has 11 nitrogen and oxygen atoms in total. The van der Waals surface area contributed by atoms with E-state index in [2.05, 4.69) is 5.32 Å². The second-order valence-electron chi connectivity index (χ2n) is 7.51. The number of carboxylic acid groups (broad SMARTS) is 3. The summed E-state index contributed by atoms with van der Waals surface area (Å²) < 4.78 is 4.79. The predicted molar refractivity (Wildman–Crippen MR) is 119 cm³/mol. The second kappa shape index (κ2) is 12.8. The van der Waals surface area contributed by atoms with Crippen molar-refractivity contribution in [2.24, 2.45) is 0 Å². The lowest BCUT2D eigenvalue weighted by molar-refractivity contribution is -0.147. The molecule has 11 heteroatoms. The normalized spacial score (nSPS) is 12.4. The molecule has 0 radical (unpaired) electrons. The Hall–Kier alpha value is -4.15. The van der Waals surface area contributed by atoms with E-state index in [-0.39, 0.29) is 25.3 Å². The third-order valence-electron chi connectivity index (χ3n) is 4.95. The van der Waals surface area contributed by atoms with Gasteiger partial charge in [-0.15, -0.1) is 0 Å². The Morgan fingerprint density at radius 3 is 2.21 bits per heavy atom. The van der Waals surface area contributed by atoms with Crippen molar-refractivity contribution >= 4 is 40.7 Å². The number of unbranched alkanes of at least 4 members (excludes halogenated alkanes) is 1. The third kappa shape index (κ3) is 8.41. The number of alkyl carbamates (subject to hydrolysis) is 1. The first kappa shape index (κ1) is 26.1. The van der Waals surface area contributed by atoms with Crippen molar-refractivity contribution in [2.75, 3.05) is 6.54 Å². The number of carboxylic acids is 3. The highest BCUT2D eigenvalue weighted by Crippen LogP contribution is 2.15. The third-order valence-corrected chi connectivity index (χ3v) is 4.95. The lowest BCUT2D eigenvalue weighted by Gasteiger charge is -2.17. The fourth-order valence-electron chi connectivity index (χ4n) is 3.15. The number of carbonyl (C=O) groups excluding carboxylic acids is 2. The first-order valence-corrected chi connectivity index (χ1v) is 10.6. The standard InChI is InChI=1S/C23H26N2O9/c26-19(27)11-10-17(21(29)30)25-23(33)34-18(22(31)32)7-3-4-12-24-20(28)16-9-8-14-5-1-2-6-15(14)13-16/h1-2,5-6,8-9,13,17-18H,3-4,7,10-12H2,(H,24,28)(H,25,33)(H,26,27)(H,29,30)(H,31,32)/t17-,18-/m0/s1. The number of amides is 2. The summed E-state index contributed by atoms with van der Waals surface area (Å²) in [7, 11) is 0. The molecule has 0 aliphatic rings. The Morgan fingerprint density at radius 2 is 1.56 bits per heavy atom. The second-order valence-corrected chi connectivity index (χ2v) is 7.51. The zero-order valence-corrected chi connectivity index (χ0v) is 18.2. The van der Waals surface area contributed by atoms with E-state index in [1.165, 1.54) is 0 Å². The van der Waals surface area contributed by atoms with Crippen LogP contribution in [0.4, 0.5) is 4.79 Å². The van der Waals surface area contributed by atoms with Crippen LogP contribution in [0.3, 0.4) is 0 Å². The maximum Gasteiger partial charge on any atom is 0.408 e. The van der Waals surface area contributed by atoms with E-state index in [0.29, 0.717) is 18.4 Å². The number of nitrogens with one attached hydrogen (secondary N) is 2. The summed E-state index contributed by atoms with van der Waals surface area (Å²) >= 11 is 0. The first-order valence-electron chi connectivity index (χ1n) is 10.6. The van der Waals surface area contributed by atoms with Gasteiger partial charge in [0.05, 0.1) is 0 Å². The number of benzene rings is 2. The number of aliphatic carboxylic acids is 3. The molecule has 2 atom stereocenters. The van der Waals surface area contributed by atoms with Gasteiger partial charge < -0.3 is 30.7 Å². The summed E-state index contributed by atoms with van der Waals surface area (Å²) in [6.07, 6.45) is -2.99. The van der Waals surface area contributed by atoms with Crippen molar-refractivity contribution in [3.05, 3.63) is 48.0 Å². The maximum atomic E-state index is 12.3. The largest absolute Gasteiger partial charge is 0.481 e. The zero-order valence-electron chi connectivity index (χ0n) is 18.2. The summed E-state index contributed by atoms with van der Waals surface area (Å²) in [5, 5.41) is 33.6. The van der Waals surface area contributed by atoms with Crippen LogP contribution in [0.5, 0.6) is 0 Å². The van der Waals surface area contributed by atoms with Crippen molar-refractivity contribution < 1.29 is 44.0 Å². The van der Waals surface area contributed by atoms with E-state index in [0.717, 1.165) is 10.8 Å². The molecule has 182 valence electrons. The number of hydrogen-bond acceptors (Lipinski definition) is 6. The highest BCUT2D eigenvalue weighted by molar-refractivity contribution is 5.98. The average Bonchev–Trinajstić information content (AvgIpc) is 2.79. The highest BCUT2D eigenvalue weighted by Gasteiger charge is 2.26. The van der Waals surface area contributed by atoms with Gasteiger partial charge in [0.25, 0.3) is 5.91 Å². The van der Waals surface area contributed by atoms with Gasteiger partial charge in [0.15, 0.2) is 0 Å². The number of hydrogen-bond donors (Lipinski definition) is 5. The summed E-state index contributed by atoms with van der Waals surface area (Å²) in [5.74, 6) is -4.38. The first-order chi connectivity index (χ1) is 16.2. The molecule has 34 heavy (non-hydrogen) atoms. The topological polar surface area (TPSA) is 179 Å². The lowest BCUT2D eigenvalue weighted by Crippen LogP contribution is -2.43. The van der Waals surface area contributed by atoms with Gasteiger partial charge in [-0.2, -0.15) is 0 Å². The van der Waals surface area contributed by atoms with Gasteiger partial charge in [-0.1, -0.05) is 30.3 Å². The van der Waals surface area contributed by atoms with E-state index in [9.17, 15) is 29.1 Å². The molecule has 0 aliphatic heterocycles. The Kier molecular flexibility index (Phi) is 9.81. The Labute approximate surface area is 194 Å². The molecule has 0 spiro atoms. The van der Waals surface area contributed by atoms with E-state index in [4.69, 9.17) is 14.9 Å². The van der Waals surface area contributed by atoms with E-state index < -0.39 is 42.6 Å². The van der Waals surface area contributed by atoms with Crippen molar-refractivity contribution in [3.63, 3.8) is 0 Å². The quantitative estimate of drug-likeness (QED) is 0.272. The van der Waals surface area contributed by atoms with Crippen molar-refractivity contribution in [3.8, 4) is 0 Å². The van der Waals surface area contributed by atoms with Crippen LogP contribution in [0.2, 0.25) is 0 Å². The van der Waals surface area contributed by atoms with E-state index in [1.54, 1.807) is 12.1 Å². The van der Waals surface area contributed by atoms with Crippen LogP contribution in [-0.4, -0.2) is 63.9 Å². The Balaban J connectivity index is 1.76. The van der Waals surface area contributed by atoms with Gasteiger partial charge in [0, 0.05) is 18.5 Å². The van der Waals surface area contributed by atoms with Crippen molar-refractivity contribution in [2.45, 2.75) is 44.2 Å². The molecule has 0 saturated heterocycles. The minimum Gasteiger partial charge on any atom is -0.481 e. The van der Waals surface area contributed by atoms with Crippen LogP contribution in [-0.2, 0) is 19.1 Å². The van der Waals surface area contributed by atoms with Gasteiger partial charge in [0.2, 0.25) is 6.10 Å². The monoisotopic (exact) mass is 474 g/mol. The number of rotatable bonds is 13. The molecule has 2 amide bonds. The average molecular weight is 474 g/mol. The maximum absolute atomic E-state index is 12.3. The zero-order chi connectivity index (χ0) is 25.1. The predicted octanol–water partition coefficient (Wildman–Crippen LogP) is 2.24. The van der Waals surface area contributed by atoms with Gasteiger partial charge >= 0.3 is 24.0 Å². The summed E-state index contributed by atoms with van der Waals surface area (Å²) in [6.45, 7) is 0.278. The molecular formula is C23H26N2O9. The molecule has 0 aromatic heterocycles. The van der Waals surface area contributed by atoms with Crippen LogP contribution in [0.15, 0.2) is 42.5 Å². The van der Waals surface area contributed by atoms with Gasteiger partial charge in [-0.3, -0.25) is 9.59 Å². The fraction of sp³-hybridized carbons (Fsp3) is 0.348. The minimum atomic E-state index is -1.52. The molecular weight excluding hydrogens is 448 g/mol. The van der Waals surface area contributed by atoms with Crippen LogP contribution in [0.1, 0.15) is 42.5 Å². The van der Waals surface area contributed by atoms with Gasteiger partial charge in [-0.05, 0) is 48.6 Å². The smallest absolute Gasteiger partial charge is 0.408 e. The Bertz CT molecular complexity index is 1050. The van der Waals surface area contributed by atoms with Crippen LogP contribution < -0.4 is 10.6 Å². The molecule has 2 aromatic rings. The number of fused-ring (bicyclic) bond motifs is 1. The Morgan fingerprint density at radius 1 is 0.853 bits per heavy atom. The molecule has 5 N–H and O–H groups in total. The molecule has 0 unspecified atom stereocenters. The van der Waals surface area contributed by atoms with E-state index >= 15 is 0 Å². The molecule has 0 aliphatic carbocycles. The summed E-state index contributed by atoms with van der Waals surface area (Å²) in [5.41, 5.74) is 0.498. The molecule has 0 bridgehead atoms. The van der Waals surface area contributed by atoms with Gasteiger partial charge in [-0.25, -0.2) is 14.4 Å². The van der Waals surface area contributed by atoms with E-state index in [1.807, 2.05) is 35.6 Å². The molecule has 0 saturated carbocycles. The van der Waals surface area contributed by atoms with Crippen molar-refractivity contribution in [1.29, 1.82) is 0 Å². The molecule has 2 rings (SSSR count). The highest BCUT2D eigenvalue weighted by atomic mass is 16.6. The fourth-order valence-corrected chi connectivity index (χ4v) is 3.15. The lowest BCUT2D eigenvalue weighted by atomic mass is 10.1. The summed E-state index contributed by atoms with van der Waals surface area (Å²) in [4.78, 5) is 57.3. The minimum absolute atomic E-state index is 0.0541. The van der Waals surface area contributed by atoms with Crippen molar-refractivity contribution in [1.82, 2.24) is 10.6 Å². The molecule has 2 aromatic carbocycles. The molecule has 0 heterocycles. The van der Waals surface area contributed by atoms with Gasteiger partial charge in [0.1, 0.15) is 6.04 Å². The number of ether oxygens (including phenoxy) is 1. The SMILES string of the molecule is O=C(O)CC[C@H](NC(=O)O[C@@H](CCCCNC(=O)c1ccc2ccccc2c1)C(=O)O)C(=O)O. The molecule has 0 fully saturated rings. The number of carbonyl (C=O) groups is 5.